The summed E-state index contributed by atoms with van der Waals surface area (Å²) in [5.41, 5.74) is 3.78. The van der Waals surface area contributed by atoms with Gasteiger partial charge in [0, 0.05) is 42.0 Å². The number of anilines is 1. The molecule has 0 spiro atoms. The number of rotatable bonds is 1. The van der Waals surface area contributed by atoms with Crippen LogP contribution in [0.1, 0.15) is 17.0 Å². The Morgan fingerprint density at radius 3 is 2.94 bits per heavy atom. The highest BCUT2D eigenvalue weighted by molar-refractivity contribution is 9.09. The predicted molar refractivity (Wildman–Crippen MR) is 80.2 cm³/mol. The van der Waals surface area contributed by atoms with Crippen molar-refractivity contribution in [3.63, 3.8) is 0 Å². The molecule has 0 fully saturated rings. The first-order chi connectivity index (χ1) is 8.63. The molecular formula is C15H16BrNO. The van der Waals surface area contributed by atoms with Crippen molar-refractivity contribution < 1.29 is 5.11 Å². The van der Waals surface area contributed by atoms with Crippen LogP contribution in [0.4, 0.5) is 5.69 Å². The molecular weight excluding hydrogens is 290 g/mol. The zero-order valence-electron chi connectivity index (χ0n) is 10.6. The monoisotopic (exact) mass is 305 g/mol. The molecule has 2 aromatic rings. The van der Waals surface area contributed by atoms with E-state index < -0.39 is 0 Å². The molecule has 1 atom stereocenters. The van der Waals surface area contributed by atoms with E-state index in [2.05, 4.69) is 40.9 Å². The first kappa shape index (κ1) is 11.8. The lowest BCUT2D eigenvalue weighted by Gasteiger charge is -2.15. The number of benzene rings is 2. The molecule has 0 aromatic heterocycles. The Morgan fingerprint density at radius 1 is 1.44 bits per heavy atom. The minimum Gasteiger partial charge on any atom is -0.507 e. The molecule has 1 aliphatic heterocycles. The summed E-state index contributed by atoms with van der Waals surface area (Å²) in [6.07, 6.45) is 0. The Morgan fingerprint density at radius 2 is 2.22 bits per heavy atom. The van der Waals surface area contributed by atoms with Crippen molar-refractivity contribution >= 4 is 32.4 Å². The lowest BCUT2D eigenvalue weighted by molar-refractivity contribution is 0.481. The van der Waals surface area contributed by atoms with E-state index in [1.165, 1.54) is 22.2 Å². The summed E-state index contributed by atoms with van der Waals surface area (Å²) >= 11 is 3.61. The average Bonchev–Trinajstić information content (AvgIpc) is 2.67. The number of hydrogen-bond donors (Lipinski definition) is 1. The lowest BCUT2D eigenvalue weighted by atomic mass is 9.93. The summed E-state index contributed by atoms with van der Waals surface area (Å²) in [5.74, 6) is 0.878. The highest BCUT2D eigenvalue weighted by Crippen LogP contribution is 2.45. The highest BCUT2D eigenvalue weighted by Gasteiger charge is 2.29. The molecule has 0 bridgehead atoms. The van der Waals surface area contributed by atoms with Crippen LogP contribution in [0.25, 0.3) is 10.8 Å². The maximum atomic E-state index is 10.2. The first-order valence-electron chi connectivity index (χ1n) is 6.15. The zero-order chi connectivity index (χ0) is 12.9. The van der Waals surface area contributed by atoms with E-state index in [-0.39, 0.29) is 0 Å². The quantitative estimate of drug-likeness (QED) is 0.811. The van der Waals surface area contributed by atoms with Gasteiger partial charge in [-0.1, -0.05) is 34.1 Å². The smallest absolute Gasteiger partial charge is 0.125 e. The van der Waals surface area contributed by atoms with Gasteiger partial charge in [0.15, 0.2) is 0 Å². The summed E-state index contributed by atoms with van der Waals surface area (Å²) in [6, 6.07) is 8.03. The Labute approximate surface area is 115 Å². The van der Waals surface area contributed by atoms with Gasteiger partial charge in [-0.2, -0.15) is 0 Å². The van der Waals surface area contributed by atoms with Gasteiger partial charge >= 0.3 is 0 Å². The van der Waals surface area contributed by atoms with Crippen molar-refractivity contribution in [1.82, 2.24) is 0 Å². The van der Waals surface area contributed by atoms with E-state index in [9.17, 15) is 5.11 Å². The van der Waals surface area contributed by atoms with Gasteiger partial charge < -0.3 is 10.0 Å². The number of halogens is 1. The number of aromatic hydroxyl groups is 1. The summed E-state index contributed by atoms with van der Waals surface area (Å²) in [7, 11) is 2.09. The molecule has 1 heterocycles. The van der Waals surface area contributed by atoms with Gasteiger partial charge in [0.25, 0.3) is 0 Å². The third-order valence-corrected chi connectivity index (χ3v) is 4.65. The van der Waals surface area contributed by atoms with E-state index in [1.54, 1.807) is 0 Å². The van der Waals surface area contributed by atoms with Crippen molar-refractivity contribution in [2.75, 3.05) is 23.8 Å². The number of phenolic OH excluding ortho intramolecular Hbond substituents is 1. The Hall–Kier alpha value is -1.22. The van der Waals surface area contributed by atoms with Crippen molar-refractivity contribution in [2.24, 2.45) is 0 Å². The third-order valence-electron chi connectivity index (χ3n) is 3.87. The summed E-state index contributed by atoms with van der Waals surface area (Å²) < 4.78 is 0. The second-order valence-corrected chi connectivity index (χ2v) is 5.71. The first-order valence-corrected chi connectivity index (χ1v) is 7.28. The third kappa shape index (κ3) is 1.53. The fourth-order valence-corrected chi connectivity index (χ4v) is 3.56. The van der Waals surface area contributed by atoms with E-state index in [1.807, 2.05) is 18.2 Å². The lowest BCUT2D eigenvalue weighted by Crippen LogP contribution is -2.15. The molecule has 0 saturated heterocycles. The van der Waals surface area contributed by atoms with E-state index >= 15 is 0 Å². The van der Waals surface area contributed by atoms with Crippen molar-refractivity contribution in [1.29, 1.82) is 0 Å². The molecule has 18 heavy (non-hydrogen) atoms. The van der Waals surface area contributed by atoms with Crippen LogP contribution in [0, 0.1) is 6.92 Å². The second-order valence-electron chi connectivity index (χ2n) is 5.06. The van der Waals surface area contributed by atoms with Crippen LogP contribution in [-0.2, 0) is 0 Å². The van der Waals surface area contributed by atoms with Crippen LogP contribution >= 0.6 is 15.9 Å². The maximum absolute atomic E-state index is 10.2. The molecule has 0 radical (unpaired) electrons. The van der Waals surface area contributed by atoms with Crippen LogP contribution in [0.5, 0.6) is 5.75 Å². The fourth-order valence-electron chi connectivity index (χ4n) is 3.03. The summed E-state index contributed by atoms with van der Waals surface area (Å²) in [6.45, 7) is 3.12. The number of hydrogen-bond acceptors (Lipinski definition) is 2. The number of fused-ring (bicyclic) bond motifs is 3. The number of alkyl halides is 1. The van der Waals surface area contributed by atoms with Crippen LogP contribution in [0.3, 0.4) is 0 Å². The van der Waals surface area contributed by atoms with Crippen molar-refractivity contribution in [2.45, 2.75) is 12.8 Å². The molecule has 0 unspecified atom stereocenters. The molecule has 3 rings (SSSR count). The molecule has 0 aliphatic carbocycles. The van der Waals surface area contributed by atoms with E-state index in [0.717, 1.165) is 17.3 Å². The van der Waals surface area contributed by atoms with Gasteiger partial charge in [-0.05, 0) is 23.4 Å². The second kappa shape index (κ2) is 4.16. The molecule has 1 aliphatic rings. The summed E-state index contributed by atoms with van der Waals surface area (Å²) in [4.78, 5) is 2.23. The van der Waals surface area contributed by atoms with Gasteiger partial charge in [-0.15, -0.1) is 0 Å². The van der Waals surface area contributed by atoms with Gasteiger partial charge in [0.2, 0.25) is 0 Å². The molecule has 2 nitrogen and oxygen atoms in total. The minimum absolute atomic E-state index is 0.384. The largest absolute Gasteiger partial charge is 0.507 e. The zero-order valence-corrected chi connectivity index (χ0v) is 12.2. The molecule has 0 saturated carbocycles. The standard InChI is InChI=1S/C15H16BrNO/c1-9-4-3-5-11-13(18)6-12-15(14(9)11)10(7-16)8-17(12)2/h3-6,10,18H,7-8H2,1-2H3/t10-/m1/s1. The maximum Gasteiger partial charge on any atom is 0.125 e. The van der Waals surface area contributed by atoms with Crippen LogP contribution in [0.15, 0.2) is 24.3 Å². The minimum atomic E-state index is 0.384. The topological polar surface area (TPSA) is 23.5 Å². The van der Waals surface area contributed by atoms with Gasteiger partial charge in [-0.3, -0.25) is 0 Å². The predicted octanol–water partition coefficient (Wildman–Crippen LogP) is 3.78. The Kier molecular flexibility index (Phi) is 2.74. The summed E-state index contributed by atoms with van der Waals surface area (Å²) in [5, 5.41) is 13.3. The van der Waals surface area contributed by atoms with Crippen LogP contribution < -0.4 is 4.90 Å². The SMILES string of the molecule is Cc1cccc2c(O)cc3c(c12)[C@H](CBr)CN3C. The molecule has 0 amide bonds. The van der Waals surface area contributed by atoms with Crippen LogP contribution in [-0.4, -0.2) is 24.0 Å². The van der Waals surface area contributed by atoms with Gasteiger partial charge in [0.05, 0.1) is 0 Å². The van der Waals surface area contributed by atoms with Crippen LogP contribution in [0.2, 0.25) is 0 Å². The normalized spacial score (nSPS) is 18.4. The Balaban J connectivity index is 2.44. The van der Waals surface area contributed by atoms with Crippen molar-refractivity contribution in [3.05, 3.63) is 35.4 Å². The molecule has 2 aromatic carbocycles. The van der Waals surface area contributed by atoms with Crippen molar-refractivity contribution in [3.8, 4) is 5.75 Å². The molecule has 1 N–H and O–H groups in total. The molecule has 94 valence electrons. The van der Waals surface area contributed by atoms with E-state index in [0.29, 0.717) is 11.7 Å². The number of likely N-dealkylation sites (N-methyl/N-ethyl adjacent to an activating group) is 1. The Bertz CT molecular complexity index is 623. The number of phenols is 1. The average molecular weight is 306 g/mol. The molecule has 3 heteroatoms. The van der Waals surface area contributed by atoms with Gasteiger partial charge in [0.1, 0.15) is 5.75 Å². The van der Waals surface area contributed by atoms with E-state index in [4.69, 9.17) is 0 Å². The fraction of sp³-hybridized carbons (Fsp3) is 0.333. The number of nitrogens with zero attached hydrogens (tertiary/aromatic N) is 1. The van der Waals surface area contributed by atoms with Gasteiger partial charge in [-0.25, -0.2) is 0 Å². The number of aryl methyl sites for hydroxylation is 1. The highest BCUT2D eigenvalue weighted by atomic mass is 79.9.